The first kappa shape index (κ1) is 20.7. The highest BCUT2D eigenvalue weighted by Crippen LogP contribution is 2.23. The minimum Gasteiger partial charge on any atom is -0.449 e. The molecule has 0 saturated heterocycles. The minimum atomic E-state index is -3.71. The largest absolute Gasteiger partial charge is 0.449 e. The van der Waals surface area contributed by atoms with Crippen LogP contribution in [0.4, 0.5) is 0 Å². The maximum atomic E-state index is 13.1. The maximum Gasteiger partial charge on any atom is 0.287 e. The molecule has 1 N–H and O–H groups in total. The zero-order chi connectivity index (χ0) is 22.8. The van der Waals surface area contributed by atoms with E-state index in [-0.39, 0.29) is 28.0 Å². The summed E-state index contributed by atoms with van der Waals surface area (Å²) in [4.78, 5) is 16.7. The fourth-order valence-corrected chi connectivity index (χ4v) is 4.70. The van der Waals surface area contributed by atoms with Gasteiger partial charge in [-0.3, -0.25) is 9.78 Å². The molecule has 0 bridgehead atoms. The van der Waals surface area contributed by atoms with Gasteiger partial charge in [-0.15, -0.1) is 0 Å². The number of pyridine rings is 1. The van der Waals surface area contributed by atoms with Crippen LogP contribution in [0.3, 0.4) is 0 Å². The average molecular weight is 458 g/mol. The van der Waals surface area contributed by atoms with Gasteiger partial charge in [-0.25, -0.2) is 13.1 Å². The summed E-state index contributed by atoms with van der Waals surface area (Å²) in [7, 11) is -3.71. The molecule has 0 aliphatic carbocycles. The average Bonchev–Trinajstić information content (AvgIpc) is 3.53. The summed E-state index contributed by atoms with van der Waals surface area (Å²) in [6, 6.07) is 18.2. The summed E-state index contributed by atoms with van der Waals surface area (Å²) in [5.41, 5.74) is 1.95. The van der Waals surface area contributed by atoms with Crippen molar-refractivity contribution < 1.29 is 17.6 Å². The Morgan fingerprint density at radius 2 is 1.82 bits per heavy atom. The number of carbonyl (C=O) groups excluding carboxylic acids is 1. The minimum absolute atomic E-state index is 0.167. The van der Waals surface area contributed by atoms with Crippen LogP contribution in [0.1, 0.15) is 16.1 Å². The molecule has 0 unspecified atom stereocenters. The van der Waals surface area contributed by atoms with Crippen LogP contribution >= 0.6 is 0 Å². The molecule has 0 spiro atoms. The van der Waals surface area contributed by atoms with E-state index in [1.807, 2.05) is 0 Å². The van der Waals surface area contributed by atoms with Gasteiger partial charge in [0.05, 0.1) is 21.7 Å². The Morgan fingerprint density at radius 3 is 2.58 bits per heavy atom. The van der Waals surface area contributed by atoms with Gasteiger partial charge in [0.25, 0.3) is 5.91 Å². The molecule has 0 atom stereocenters. The van der Waals surface area contributed by atoms with Crippen molar-refractivity contribution in [2.75, 3.05) is 0 Å². The van der Waals surface area contributed by atoms with E-state index in [4.69, 9.17) is 4.42 Å². The Morgan fingerprint density at radius 1 is 0.970 bits per heavy atom. The first-order chi connectivity index (χ1) is 16.0. The molecule has 5 rings (SSSR count). The number of carbonyl (C=O) groups is 1. The fourth-order valence-electron chi connectivity index (χ4n) is 3.40. The number of hydrogen-bond acceptors (Lipinski definition) is 6. The van der Waals surface area contributed by atoms with Crippen molar-refractivity contribution >= 4 is 26.7 Å². The Bertz CT molecular complexity index is 1510. The summed E-state index contributed by atoms with van der Waals surface area (Å²) in [5.74, 6) is -0.174. The van der Waals surface area contributed by atoms with Crippen LogP contribution in [0.25, 0.3) is 16.7 Å². The van der Waals surface area contributed by atoms with Gasteiger partial charge < -0.3 is 9.73 Å². The lowest BCUT2D eigenvalue weighted by atomic mass is 10.2. The van der Waals surface area contributed by atoms with Gasteiger partial charge in [0.1, 0.15) is 0 Å². The molecule has 5 aromatic rings. The van der Waals surface area contributed by atoms with Gasteiger partial charge >= 0.3 is 0 Å². The van der Waals surface area contributed by atoms with Crippen LogP contribution in [0, 0.1) is 0 Å². The van der Waals surface area contributed by atoms with Crippen LogP contribution in [0.2, 0.25) is 0 Å². The molecule has 9 heteroatoms. The van der Waals surface area contributed by atoms with E-state index < -0.39 is 9.84 Å². The second kappa shape index (κ2) is 8.36. The molecule has 3 heterocycles. The van der Waals surface area contributed by atoms with Crippen molar-refractivity contribution in [2.24, 2.45) is 0 Å². The lowest BCUT2D eigenvalue weighted by Gasteiger charge is -2.09. The Balaban J connectivity index is 1.30. The summed E-state index contributed by atoms with van der Waals surface area (Å²) in [6.45, 7) is 0.225. The molecule has 2 aromatic carbocycles. The number of furan rings is 1. The van der Waals surface area contributed by atoms with Crippen LogP contribution in [0.15, 0.2) is 106 Å². The smallest absolute Gasteiger partial charge is 0.287 e. The summed E-state index contributed by atoms with van der Waals surface area (Å²) < 4.78 is 33.3. The zero-order valence-electron chi connectivity index (χ0n) is 17.3. The number of fused-ring (bicyclic) bond motifs is 1. The summed E-state index contributed by atoms with van der Waals surface area (Å²) >= 11 is 0. The number of aromatic nitrogens is 3. The second-order valence-electron chi connectivity index (χ2n) is 7.30. The summed E-state index contributed by atoms with van der Waals surface area (Å²) in [6.07, 6.45) is 6.56. The summed E-state index contributed by atoms with van der Waals surface area (Å²) in [5, 5.41) is 7.71. The first-order valence-electron chi connectivity index (χ1n) is 10.1. The number of hydrogen-bond donors (Lipinski definition) is 1. The second-order valence-corrected chi connectivity index (χ2v) is 9.25. The van der Waals surface area contributed by atoms with E-state index in [0.29, 0.717) is 11.3 Å². The van der Waals surface area contributed by atoms with Crippen molar-refractivity contribution in [1.82, 2.24) is 20.1 Å². The van der Waals surface area contributed by atoms with Crippen LogP contribution in [-0.2, 0) is 16.4 Å². The number of nitrogens with one attached hydrogen (secondary N) is 1. The first-order valence-corrected chi connectivity index (χ1v) is 11.5. The predicted octanol–water partition coefficient (Wildman–Crippen LogP) is 3.78. The molecule has 0 aliphatic heterocycles. The number of benzene rings is 2. The molecule has 164 valence electrons. The number of rotatable bonds is 6. The monoisotopic (exact) mass is 458 g/mol. The Kier molecular flexibility index (Phi) is 5.23. The maximum absolute atomic E-state index is 13.1. The molecule has 3 aromatic heterocycles. The van der Waals surface area contributed by atoms with Crippen molar-refractivity contribution in [1.29, 1.82) is 0 Å². The third kappa shape index (κ3) is 4.13. The predicted molar refractivity (Wildman–Crippen MR) is 121 cm³/mol. The van der Waals surface area contributed by atoms with Crippen LogP contribution in [-0.4, -0.2) is 29.1 Å². The molecule has 8 nitrogen and oxygen atoms in total. The molecule has 33 heavy (non-hydrogen) atoms. The van der Waals surface area contributed by atoms with Gasteiger partial charge in [-0.05, 0) is 54.1 Å². The highest BCUT2D eigenvalue weighted by atomic mass is 32.2. The van der Waals surface area contributed by atoms with Gasteiger partial charge in [-0.2, -0.15) is 5.10 Å². The third-order valence-electron chi connectivity index (χ3n) is 5.13. The zero-order valence-corrected chi connectivity index (χ0v) is 18.1. The van der Waals surface area contributed by atoms with Crippen molar-refractivity contribution in [2.45, 2.75) is 16.3 Å². The topological polar surface area (TPSA) is 107 Å². The van der Waals surface area contributed by atoms with Gasteiger partial charge in [0, 0.05) is 30.5 Å². The van der Waals surface area contributed by atoms with Crippen molar-refractivity contribution in [3.63, 3.8) is 0 Å². The molecule has 0 fully saturated rings. The normalized spacial score (nSPS) is 11.5. The van der Waals surface area contributed by atoms with E-state index in [1.165, 1.54) is 12.1 Å². The van der Waals surface area contributed by atoms with Gasteiger partial charge in [-0.1, -0.05) is 18.2 Å². The van der Waals surface area contributed by atoms with E-state index in [2.05, 4.69) is 15.4 Å². The molecule has 0 saturated carbocycles. The van der Waals surface area contributed by atoms with E-state index in [0.717, 1.165) is 10.9 Å². The highest BCUT2D eigenvalue weighted by molar-refractivity contribution is 7.91. The number of nitrogens with zero attached hydrogens (tertiary/aromatic N) is 3. The SMILES string of the molecule is O=C(NCc1ccc(S(=O)(=O)c2cccc(-n3cccn3)c2)cc1)c1cc2ccncc2o1. The van der Waals surface area contributed by atoms with Crippen LogP contribution in [0.5, 0.6) is 0 Å². The van der Waals surface area contributed by atoms with Gasteiger partial charge in [0.2, 0.25) is 9.84 Å². The molecule has 1 amide bonds. The quantitative estimate of drug-likeness (QED) is 0.415. The third-order valence-corrected chi connectivity index (χ3v) is 6.90. The molecular formula is C24H18N4O4S. The Hall–Kier alpha value is -4.24. The Labute approximate surface area is 189 Å². The van der Waals surface area contributed by atoms with E-state index in [9.17, 15) is 13.2 Å². The van der Waals surface area contributed by atoms with Gasteiger partial charge in [0.15, 0.2) is 11.3 Å². The molecular weight excluding hydrogens is 440 g/mol. The fraction of sp³-hybridized carbons (Fsp3) is 0.0417. The lowest BCUT2D eigenvalue weighted by Crippen LogP contribution is -2.22. The number of amides is 1. The van der Waals surface area contributed by atoms with Crippen molar-refractivity contribution in [3.05, 3.63) is 103 Å². The van der Waals surface area contributed by atoms with Crippen molar-refractivity contribution in [3.8, 4) is 5.69 Å². The standard InChI is InChI=1S/C24H18N4O4S/c29-24(22-13-18-9-11-25-16-23(18)32-22)26-15-17-5-7-20(8-6-17)33(30,31)21-4-1-3-19(14-21)28-12-2-10-27-28/h1-14,16H,15H2,(H,26,29). The van der Waals surface area contributed by atoms with Crippen LogP contribution < -0.4 is 5.32 Å². The molecule has 0 radical (unpaired) electrons. The van der Waals surface area contributed by atoms with E-state index in [1.54, 1.807) is 84.1 Å². The van der Waals surface area contributed by atoms with E-state index >= 15 is 0 Å². The molecule has 0 aliphatic rings. The highest BCUT2D eigenvalue weighted by Gasteiger charge is 2.18. The lowest BCUT2D eigenvalue weighted by molar-refractivity contribution is 0.0925. The number of sulfone groups is 1.